The van der Waals surface area contributed by atoms with Crippen LogP contribution in [0.4, 0.5) is 10.5 Å². The van der Waals surface area contributed by atoms with Gasteiger partial charge in [-0.1, -0.05) is 6.07 Å². The first-order chi connectivity index (χ1) is 9.62. The highest BCUT2D eigenvalue weighted by atomic mass is 16.5. The molecule has 0 saturated carbocycles. The van der Waals surface area contributed by atoms with Crippen LogP contribution in [0.15, 0.2) is 18.2 Å². The van der Waals surface area contributed by atoms with Crippen molar-refractivity contribution in [2.24, 2.45) is 0 Å². The van der Waals surface area contributed by atoms with Crippen LogP contribution in [0, 0.1) is 6.92 Å². The summed E-state index contributed by atoms with van der Waals surface area (Å²) in [4.78, 5) is 13.9. The summed E-state index contributed by atoms with van der Waals surface area (Å²) in [6.07, 6.45) is 1.51. The van der Waals surface area contributed by atoms with E-state index in [4.69, 9.17) is 9.84 Å². The molecule has 0 bridgehead atoms. The van der Waals surface area contributed by atoms with Gasteiger partial charge >= 0.3 is 6.03 Å². The summed E-state index contributed by atoms with van der Waals surface area (Å²) in [5.74, 6) is 0.756. The Hall–Kier alpha value is -1.75. The van der Waals surface area contributed by atoms with Crippen LogP contribution in [0.2, 0.25) is 0 Å². The summed E-state index contributed by atoms with van der Waals surface area (Å²) in [6.45, 7) is 5.34. The van der Waals surface area contributed by atoms with Gasteiger partial charge in [-0.05, 0) is 38.3 Å². The minimum Gasteiger partial charge on any atom is -0.496 e. The number of aliphatic hydroxyl groups is 1. The maximum atomic E-state index is 12.1. The second-order valence-electron chi connectivity index (χ2n) is 4.62. The molecule has 1 aromatic rings. The van der Waals surface area contributed by atoms with Crippen molar-refractivity contribution in [3.8, 4) is 5.75 Å². The topological polar surface area (TPSA) is 61.8 Å². The summed E-state index contributed by atoms with van der Waals surface area (Å²) < 4.78 is 5.24. The molecular weight excluding hydrogens is 256 g/mol. The molecule has 0 heterocycles. The summed E-state index contributed by atoms with van der Waals surface area (Å²) in [7, 11) is 1.61. The first kappa shape index (κ1) is 16.3. The van der Waals surface area contributed by atoms with E-state index >= 15 is 0 Å². The number of ether oxygens (including phenoxy) is 1. The van der Waals surface area contributed by atoms with Gasteiger partial charge in [0.05, 0.1) is 7.11 Å². The van der Waals surface area contributed by atoms with Crippen LogP contribution in [0.3, 0.4) is 0 Å². The molecule has 0 aliphatic rings. The minimum absolute atomic E-state index is 0.128. The van der Waals surface area contributed by atoms with Crippen molar-refractivity contribution in [1.29, 1.82) is 0 Å². The van der Waals surface area contributed by atoms with E-state index in [9.17, 15) is 4.79 Å². The van der Waals surface area contributed by atoms with Crippen molar-refractivity contribution in [3.05, 3.63) is 23.8 Å². The third-order valence-corrected chi connectivity index (χ3v) is 3.16. The zero-order chi connectivity index (χ0) is 15.0. The van der Waals surface area contributed by atoms with E-state index in [2.05, 4.69) is 5.32 Å². The van der Waals surface area contributed by atoms with E-state index < -0.39 is 0 Å². The highest BCUT2D eigenvalue weighted by Crippen LogP contribution is 2.22. The Kier molecular flexibility index (Phi) is 6.87. The quantitative estimate of drug-likeness (QED) is 0.755. The predicted molar refractivity (Wildman–Crippen MR) is 80.3 cm³/mol. The van der Waals surface area contributed by atoms with E-state index in [0.717, 1.165) is 23.4 Å². The third kappa shape index (κ3) is 4.74. The normalized spacial score (nSPS) is 10.2. The third-order valence-electron chi connectivity index (χ3n) is 3.16. The highest BCUT2D eigenvalue weighted by molar-refractivity contribution is 5.89. The lowest BCUT2D eigenvalue weighted by Gasteiger charge is -2.21. The molecule has 1 rings (SSSR count). The van der Waals surface area contributed by atoms with E-state index in [-0.39, 0.29) is 12.6 Å². The molecule has 0 radical (unpaired) electrons. The summed E-state index contributed by atoms with van der Waals surface area (Å²) >= 11 is 0. The Morgan fingerprint density at radius 1 is 1.40 bits per heavy atom. The average Bonchev–Trinajstić information content (AvgIpc) is 2.45. The van der Waals surface area contributed by atoms with Crippen molar-refractivity contribution >= 4 is 11.7 Å². The van der Waals surface area contributed by atoms with Gasteiger partial charge in [0.15, 0.2) is 0 Å². The summed E-state index contributed by atoms with van der Waals surface area (Å²) in [5.41, 5.74) is 1.75. The number of anilines is 1. The fourth-order valence-electron chi connectivity index (χ4n) is 1.92. The SMILES string of the molecule is CCN(CCCCO)C(=O)Nc1ccc(C)c(OC)c1. The van der Waals surface area contributed by atoms with Crippen LogP contribution in [0.5, 0.6) is 5.75 Å². The molecule has 0 spiro atoms. The van der Waals surface area contributed by atoms with E-state index in [0.29, 0.717) is 19.5 Å². The number of benzene rings is 1. The maximum absolute atomic E-state index is 12.1. The lowest BCUT2D eigenvalue weighted by Crippen LogP contribution is -2.35. The van der Waals surface area contributed by atoms with E-state index in [1.54, 1.807) is 12.0 Å². The molecule has 1 aromatic carbocycles. The molecule has 2 amide bonds. The summed E-state index contributed by atoms with van der Waals surface area (Å²) in [6, 6.07) is 5.46. The van der Waals surface area contributed by atoms with Gasteiger partial charge in [-0.25, -0.2) is 4.79 Å². The predicted octanol–water partition coefficient (Wildman–Crippen LogP) is 2.63. The molecule has 20 heavy (non-hydrogen) atoms. The van der Waals surface area contributed by atoms with E-state index in [1.807, 2.05) is 32.0 Å². The molecule has 112 valence electrons. The molecule has 5 nitrogen and oxygen atoms in total. The Morgan fingerprint density at radius 3 is 2.75 bits per heavy atom. The largest absolute Gasteiger partial charge is 0.496 e. The van der Waals surface area contributed by atoms with Crippen LogP contribution in [0.1, 0.15) is 25.3 Å². The van der Waals surface area contributed by atoms with Crippen molar-refractivity contribution in [1.82, 2.24) is 4.90 Å². The van der Waals surface area contributed by atoms with Gasteiger partial charge in [0, 0.05) is 31.5 Å². The number of nitrogens with zero attached hydrogens (tertiary/aromatic N) is 1. The standard InChI is InChI=1S/C15H24N2O3/c1-4-17(9-5-6-10-18)15(19)16-13-8-7-12(2)14(11-13)20-3/h7-8,11,18H,4-6,9-10H2,1-3H3,(H,16,19). The van der Waals surface area contributed by atoms with Crippen molar-refractivity contribution < 1.29 is 14.6 Å². The molecule has 2 N–H and O–H groups in total. The van der Waals surface area contributed by atoms with Gasteiger partial charge in [-0.3, -0.25) is 0 Å². The Morgan fingerprint density at radius 2 is 2.15 bits per heavy atom. The Balaban J connectivity index is 2.63. The number of methoxy groups -OCH3 is 1. The molecule has 5 heteroatoms. The van der Waals surface area contributed by atoms with Crippen LogP contribution in [-0.2, 0) is 0 Å². The molecule has 0 aromatic heterocycles. The Bertz CT molecular complexity index is 435. The van der Waals surface area contributed by atoms with E-state index in [1.165, 1.54) is 0 Å². The van der Waals surface area contributed by atoms with Gasteiger partial charge in [-0.2, -0.15) is 0 Å². The van der Waals surface area contributed by atoms with Crippen LogP contribution < -0.4 is 10.1 Å². The highest BCUT2D eigenvalue weighted by Gasteiger charge is 2.11. The number of rotatable bonds is 7. The van der Waals surface area contributed by atoms with Crippen molar-refractivity contribution in [2.45, 2.75) is 26.7 Å². The molecule has 0 unspecified atom stereocenters. The molecule has 0 aliphatic carbocycles. The number of aliphatic hydroxyl groups excluding tert-OH is 1. The number of aryl methyl sites for hydroxylation is 1. The number of carbonyl (C=O) groups excluding carboxylic acids is 1. The monoisotopic (exact) mass is 280 g/mol. The number of urea groups is 1. The van der Waals surface area contributed by atoms with Gasteiger partial charge in [0.1, 0.15) is 5.75 Å². The molecule has 0 saturated heterocycles. The Labute approximate surface area is 120 Å². The lowest BCUT2D eigenvalue weighted by atomic mass is 10.2. The molecule has 0 atom stereocenters. The number of unbranched alkanes of at least 4 members (excludes halogenated alkanes) is 1. The fraction of sp³-hybridized carbons (Fsp3) is 0.533. The van der Waals surface area contributed by atoms with Gasteiger partial charge < -0.3 is 20.1 Å². The lowest BCUT2D eigenvalue weighted by molar-refractivity contribution is 0.210. The van der Waals surface area contributed by atoms with Gasteiger partial charge in [0.25, 0.3) is 0 Å². The molecule has 0 fully saturated rings. The zero-order valence-electron chi connectivity index (χ0n) is 12.5. The minimum atomic E-state index is -0.128. The van der Waals surface area contributed by atoms with Crippen LogP contribution in [-0.4, -0.2) is 42.8 Å². The van der Waals surface area contributed by atoms with Crippen molar-refractivity contribution in [2.75, 3.05) is 32.1 Å². The first-order valence-electron chi connectivity index (χ1n) is 6.93. The smallest absolute Gasteiger partial charge is 0.321 e. The number of nitrogens with one attached hydrogen (secondary N) is 1. The summed E-state index contributed by atoms with van der Waals surface area (Å²) in [5, 5.41) is 11.6. The molecule has 0 aliphatic heterocycles. The second-order valence-corrected chi connectivity index (χ2v) is 4.62. The number of amides is 2. The average molecular weight is 280 g/mol. The van der Waals surface area contributed by atoms with Gasteiger partial charge in [-0.15, -0.1) is 0 Å². The number of carbonyl (C=O) groups is 1. The first-order valence-corrected chi connectivity index (χ1v) is 6.93. The number of hydrogen-bond donors (Lipinski definition) is 2. The fourth-order valence-corrected chi connectivity index (χ4v) is 1.92. The van der Waals surface area contributed by atoms with Crippen LogP contribution >= 0.6 is 0 Å². The zero-order valence-corrected chi connectivity index (χ0v) is 12.5. The number of hydrogen-bond acceptors (Lipinski definition) is 3. The van der Waals surface area contributed by atoms with Crippen LogP contribution in [0.25, 0.3) is 0 Å². The second kappa shape index (κ2) is 8.43. The van der Waals surface area contributed by atoms with Crippen molar-refractivity contribution in [3.63, 3.8) is 0 Å². The maximum Gasteiger partial charge on any atom is 0.321 e. The van der Waals surface area contributed by atoms with Gasteiger partial charge in [0.2, 0.25) is 0 Å². The molecular formula is C15H24N2O3.